The number of carboxylic acids is 1. The molecule has 10 nitrogen and oxygen atoms in total. The van der Waals surface area contributed by atoms with Crippen molar-refractivity contribution in [2.75, 3.05) is 37.9 Å². The summed E-state index contributed by atoms with van der Waals surface area (Å²) < 4.78 is 56.0. The molecular formula is C26H24F3N2O8-. The van der Waals surface area contributed by atoms with Gasteiger partial charge in [0.25, 0.3) is 5.56 Å². The number of H-pyrrole nitrogens is 1. The average Bonchev–Trinajstić information content (AvgIpc) is 3.27. The van der Waals surface area contributed by atoms with Crippen LogP contribution in [0.25, 0.3) is 22.0 Å². The van der Waals surface area contributed by atoms with E-state index in [4.69, 9.17) is 19.3 Å². The Morgan fingerprint density at radius 2 is 1.92 bits per heavy atom. The van der Waals surface area contributed by atoms with Crippen molar-refractivity contribution in [3.8, 4) is 11.3 Å². The van der Waals surface area contributed by atoms with Gasteiger partial charge in [-0.15, -0.1) is 0 Å². The van der Waals surface area contributed by atoms with E-state index < -0.39 is 41.6 Å². The van der Waals surface area contributed by atoms with E-state index in [1.54, 1.807) is 0 Å². The number of carboxylic acid groups (broad SMARTS) is 1. The fourth-order valence-corrected chi connectivity index (χ4v) is 4.27. The number of pyridine rings is 1. The van der Waals surface area contributed by atoms with Gasteiger partial charge in [0, 0.05) is 28.8 Å². The number of halogens is 3. The summed E-state index contributed by atoms with van der Waals surface area (Å²) in [6, 6.07) is 10.7. The number of cyclic esters (lactones) is 1. The van der Waals surface area contributed by atoms with Crippen LogP contribution in [0.4, 0.5) is 23.7 Å². The Kier molecular flexibility index (Phi) is 8.53. The van der Waals surface area contributed by atoms with Crippen molar-refractivity contribution in [3.05, 3.63) is 64.4 Å². The number of alkyl halides is 3. The molecule has 0 radical (unpaired) electrons. The molecule has 1 amide bonds. The maximum Gasteiger partial charge on any atom is 0.417 e. The van der Waals surface area contributed by atoms with Crippen LogP contribution in [0.1, 0.15) is 12.0 Å². The Labute approximate surface area is 219 Å². The van der Waals surface area contributed by atoms with Crippen molar-refractivity contribution in [3.63, 3.8) is 0 Å². The Bertz CT molecular complexity index is 1410. The Morgan fingerprint density at radius 1 is 1.15 bits per heavy atom. The molecular weight excluding hydrogens is 525 g/mol. The Morgan fingerprint density at radius 3 is 2.64 bits per heavy atom. The first-order valence-corrected chi connectivity index (χ1v) is 11.9. The quantitative estimate of drug-likeness (QED) is 0.347. The molecule has 39 heavy (non-hydrogen) atoms. The zero-order valence-electron chi connectivity index (χ0n) is 20.4. The number of aromatic amines is 1. The lowest BCUT2D eigenvalue weighted by molar-refractivity contribution is -0.317. The molecule has 1 aliphatic rings. The minimum absolute atomic E-state index is 0.0103. The fraction of sp³-hybridized carbons (Fsp3) is 0.346. The summed E-state index contributed by atoms with van der Waals surface area (Å²) in [5, 5.41) is 20.6. The van der Waals surface area contributed by atoms with Crippen molar-refractivity contribution >= 4 is 28.5 Å². The lowest BCUT2D eigenvalue weighted by atomic mass is 10.0. The number of benzene rings is 2. The first-order chi connectivity index (χ1) is 18.6. The fourth-order valence-electron chi connectivity index (χ4n) is 4.27. The van der Waals surface area contributed by atoms with Crippen LogP contribution in [0, 0.1) is 0 Å². The molecule has 0 bridgehead atoms. The van der Waals surface area contributed by atoms with Crippen molar-refractivity contribution < 1.29 is 47.2 Å². The SMILES string of the molecule is O=C([O-])[C@H](CC1CN(c2ccc3cc(-c4ccccc4C(F)(F)F)[nH]c(=O)c3c2)C(=O)O1)OCCOCCO. The number of hydrogen-bond acceptors (Lipinski definition) is 8. The van der Waals surface area contributed by atoms with Gasteiger partial charge in [0.05, 0.1) is 44.5 Å². The number of hydrogen-bond donors (Lipinski definition) is 2. The smallest absolute Gasteiger partial charge is 0.417 e. The average molecular weight is 549 g/mol. The van der Waals surface area contributed by atoms with Crippen LogP contribution in [-0.4, -0.2) is 67.3 Å². The first-order valence-electron chi connectivity index (χ1n) is 11.9. The van der Waals surface area contributed by atoms with Gasteiger partial charge in [-0.05, 0) is 29.7 Å². The van der Waals surface area contributed by atoms with E-state index >= 15 is 0 Å². The second-order valence-corrected chi connectivity index (χ2v) is 8.69. The standard InChI is InChI=1S/C26H25F3N2O8/c27-26(28,29)20-4-2-1-3-18(20)21-11-15-5-6-16(12-19(15)23(33)30-21)31-14-17(39-25(31)36)13-22(24(34)35)38-10-9-37-8-7-32/h1-6,11-12,17,22,32H,7-10,13-14H2,(H,30,33)(H,34,35)/p-1/t17?,22-/m0/s1. The number of aliphatic carboxylic acids is 1. The highest BCUT2D eigenvalue weighted by molar-refractivity contribution is 5.95. The zero-order valence-corrected chi connectivity index (χ0v) is 20.4. The van der Waals surface area contributed by atoms with Crippen LogP contribution in [0.5, 0.6) is 0 Å². The third-order valence-electron chi connectivity index (χ3n) is 6.06. The normalized spacial score (nSPS) is 16.5. The van der Waals surface area contributed by atoms with Crippen LogP contribution in [0.3, 0.4) is 0 Å². The number of amides is 1. The van der Waals surface area contributed by atoms with Crippen molar-refractivity contribution in [2.45, 2.75) is 24.8 Å². The Balaban J connectivity index is 1.51. The number of carbonyl (C=O) groups excluding carboxylic acids is 2. The summed E-state index contributed by atoms with van der Waals surface area (Å²) in [6.07, 6.45) is -7.81. The number of carbonyl (C=O) groups is 2. The number of anilines is 1. The first kappa shape index (κ1) is 28.1. The highest BCUT2D eigenvalue weighted by Gasteiger charge is 2.35. The summed E-state index contributed by atoms with van der Waals surface area (Å²) in [4.78, 5) is 40.5. The maximum atomic E-state index is 13.5. The van der Waals surface area contributed by atoms with Gasteiger partial charge in [0.2, 0.25) is 0 Å². The summed E-state index contributed by atoms with van der Waals surface area (Å²) in [5.74, 6) is -1.49. The minimum Gasteiger partial charge on any atom is -0.547 e. The van der Waals surface area contributed by atoms with Gasteiger partial charge < -0.3 is 34.2 Å². The summed E-state index contributed by atoms with van der Waals surface area (Å²) >= 11 is 0. The van der Waals surface area contributed by atoms with E-state index in [9.17, 15) is 32.7 Å². The molecule has 13 heteroatoms. The molecule has 3 aromatic rings. The number of rotatable bonds is 11. The highest BCUT2D eigenvalue weighted by atomic mass is 19.4. The number of aliphatic hydroxyl groups excluding tert-OH is 1. The van der Waals surface area contributed by atoms with Gasteiger partial charge in [-0.2, -0.15) is 13.2 Å². The molecule has 4 rings (SSSR count). The molecule has 1 unspecified atom stereocenters. The predicted octanol–water partition coefficient (Wildman–Crippen LogP) is 2.07. The van der Waals surface area contributed by atoms with E-state index in [2.05, 4.69) is 4.98 Å². The summed E-state index contributed by atoms with van der Waals surface area (Å²) in [5.41, 5.74) is -1.45. The molecule has 1 saturated heterocycles. The topological polar surface area (TPSA) is 141 Å². The van der Waals surface area contributed by atoms with Gasteiger partial charge in [0.15, 0.2) is 0 Å². The molecule has 1 aliphatic heterocycles. The van der Waals surface area contributed by atoms with Gasteiger partial charge >= 0.3 is 12.3 Å². The molecule has 2 heterocycles. The van der Waals surface area contributed by atoms with E-state index in [-0.39, 0.29) is 61.7 Å². The second-order valence-electron chi connectivity index (χ2n) is 8.69. The van der Waals surface area contributed by atoms with Crippen LogP contribution in [0.15, 0.2) is 53.3 Å². The van der Waals surface area contributed by atoms with Crippen LogP contribution in [-0.2, 0) is 25.2 Å². The van der Waals surface area contributed by atoms with Gasteiger partial charge in [0.1, 0.15) is 12.2 Å². The third kappa shape index (κ3) is 6.56. The largest absolute Gasteiger partial charge is 0.547 e. The second kappa shape index (κ2) is 11.8. The molecule has 1 aromatic heterocycles. The molecule has 0 spiro atoms. The highest BCUT2D eigenvalue weighted by Crippen LogP contribution is 2.37. The third-order valence-corrected chi connectivity index (χ3v) is 6.06. The number of nitrogens with zero attached hydrogens (tertiary/aromatic N) is 1. The van der Waals surface area contributed by atoms with Crippen molar-refractivity contribution in [1.29, 1.82) is 0 Å². The summed E-state index contributed by atoms with van der Waals surface area (Å²) in [7, 11) is 0. The minimum atomic E-state index is -4.62. The Hall–Kier alpha value is -3.94. The summed E-state index contributed by atoms with van der Waals surface area (Å²) in [6.45, 7) is -0.174. The molecule has 1 fully saturated rings. The molecule has 0 aliphatic carbocycles. The monoisotopic (exact) mass is 549 g/mol. The molecule has 2 N–H and O–H groups in total. The lowest BCUT2D eigenvalue weighted by Gasteiger charge is -2.21. The van der Waals surface area contributed by atoms with E-state index in [0.717, 1.165) is 6.07 Å². The maximum absolute atomic E-state index is 13.5. The predicted molar refractivity (Wildman–Crippen MR) is 130 cm³/mol. The van der Waals surface area contributed by atoms with Crippen LogP contribution < -0.4 is 15.6 Å². The van der Waals surface area contributed by atoms with Gasteiger partial charge in [-0.25, -0.2) is 4.79 Å². The number of aliphatic hydroxyl groups is 1. The van der Waals surface area contributed by atoms with Gasteiger partial charge in [-0.1, -0.05) is 24.3 Å². The molecule has 2 aromatic carbocycles. The van der Waals surface area contributed by atoms with Crippen molar-refractivity contribution in [2.24, 2.45) is 0 Å². The van der Waals surface area contributed by atoms with Crippen LogP contribution >= 0.6 is 0 Å². The van der Waals surface area contributed by atoms with Gasteiger partial charge in [-0.3, -0.25) is 9.69 Å². The van der Waals surface area contributed by atoms with E-state index in [1.165, 1.54) is 47.4 Å². The van der Waals surface area contributed by atoms with Crippen LogP contribution in [0.2, 0.25) is 0 Å². The molecule has 0 saturated carbocycles. The number of ether oxygens (including phenoxy) is 3. The van der Waals surface area contributed by atoms with E-state index in [0.29, 0.717) is 5.39 Å². The number of fused-ring (bicyclic) bond motifs is 1. The molecule has 208 valence electrons. The molecule has 2 atom stereocenters. The number of nitrogens with one attached hydrogen (secondary N) is 1. The lowest BCUT2D eigenvalue weighted by Crippen LogP contribution is -2.41. The van der Waals surface area contributed by atoms with E-state index in [1.807, 2.05) is 0 Å². The van der Waals surface area contributed by atoms with Crippen molar-refractivity contribution in [1.82, 2.24) is 4.98 Å². The zero-order chi connectivity index (χ0) is 28.2. The number of aromatic nitrogens is 1.